The second-order valence-corrected chi connectivity index (χ2v) is 26.2. The summed E-state index contributed by atoms with van der Waals surface area (Å²) < 4.78 is 6.56. The van der Waals surface area contributed by atoms with Crippen molar-refractivity contribution in [2.75, 3.05) is 14.7 Å². The monoisotopic (exact) mass is 1120 g/mol. The Labute approximate surface area is 512 Å². The Bertz CT molecular complexity index is 4940. The molecule has 1 aromatic heterocycles. The normalized spacial score (nSPS) is 14.0. The number of benzene rings is 11. The molecule has 4 nitrogen and oxygen atoms in total. The number of anilines is 9. The van der Waals surface area contributed by atoms with Gasteiger partial charge in [-0.05, 0) is 181 Å². The molecule has 0 saturated carbocycles. The number of allylic oxidation sites excluding steroid dienone is 1. The molecule has 3 heterocycles. The summed E-state index contributed by atoms with van der Waals surface area (Å²) in [5.41, 5.74) is 29.9. The van der Waals surface area contributed by atoms with Crippen molar-refractivity contribution in [3.8, 4) is 22.3 Å². The van der Waals surface area contributed by atoms with E-state index < -0.39 is 0 Å². The highest BCUT2D eigenvalue weighted by atomic mass is 16.3. The van der Waals surface area contributed by atoms with Gasteiger partial charge in [0.05, 0.1) is 5.69 Å². The summed E-state index contributed by atoms with van der Waals surface area (Å²) in [5.74, 6) is 0.382. The standard InChI is InChI=1S/C82H70BN3O/c1-12-63(80-53(6)64-23-16-18-27-77(64)87-80)56-30-36-60(37-31-56)85-74-49-62(84(59-34-28-54(29-35-59)50(2)3)73-42-32-55-21-13-14-24-65(55)78(73)57-22-19-20-51(4)44-57)39-41-70(74)83-71-47-58(81(7,8)9)33-43-72(71)86(76-46-52(5)45-75(85)79(76)83)61-38-40-67-66-25-15-17-26-68(66)82(10,11)69(67)48-61/h12-50H,1,6H2,2-5,7-11H3/b80-63-. The minimum absolute atomic E-state index is 0.104. The highest BCUT2D eigenvalue weighted by molar-refractivity contribution is 7.00. The first-order chi connectivity index (χ1) is 42.0. The molecule has 1 aliphatic carbocycles. The molecule has 0 spiro atoms. The van der Waals surface area contributed by atoms with Crippen molar-refractivity contribution in [1.82, 2.24) is 0 Å². The maximum Gasteiger partial charge on any atom is 0.252 e. The summed E-state index contributed by atoms with van der Waals surface area (Å²) in [5, 5.41) is 4.27. The lowest BCUT2D eigenvalue weighted by Crippen LogP contribution is -2.61. The van der Waals surface area contributed by atoms with Gasteiger partial charge in [0.15, 0.2) is 0 Å². The number of rotatable bonds is 9. The molecule has 12 aromatic rings. The molecule has 422 valence electrons. The molecule has 0 N–H and O–H groups in total. The molecule has 3 aliphatic rings. The molecular weight excluding hydrogens is 1050 g/mol. The molecule has 0 unspecified atom stereocenters. The summed E-state index contributed by atoms with van der Waals surface area (Å²) in [4.78, 5) is 7.63. The van der Waals surface area contributed by atoms with E-state index in [4.69, 9.17) is 4.42 Å². The zero-order chi connectivity index (χ0) is 59.8. The molecule has 0 atom stereocenters. The summed E-state index contributed by atoms with van der Waals surface area (Å²) in [7, 11) is 0. The SMILES string of the molecule is C=C/C(c1ccc(N2c3cc(N(c4ccc(C(C)C)cc4)c4ccc5ccccc5c4-c4cccc(C)c4)ccc3B3c4cc(C(C)(C)C)ccc4N(c4ccc5c(c4)C(C)(C)c4ccccc4-5)c4cc(C)cc2c43)cc1)=c1/oc2ccccc2c1=C. The van der Waals surface area contributed by atoms with E-state index in [9.17, 15) is 0 Å². The molecular formula is C82H70BN3O. The van der Waals surface area contributed by atoms with Crippen molar-refractivity contribution >= 4 is 108 Å². The van der Waals surface area contributed by atoms with Crippen LogP contribution in [0.3, 0.4) is 0 Å². The van der Waals surface area contributed by atoms with E-state index in [0.717, 1.165) is 72.6 Å². The Hall–Kier alpha value is -9.84. The van der Waals surface area contributed by atoms with E-state index in [-0.39, 0.29) is 17.5 Å². The Balaban J connectivity index is 1.00. The van der Waals surface area contributed by atoms with Crippen LogP contribution in [0.2, 0.25) is 0 Å². The molecule has 0 fully saturated rings. The van der Waals surface area contributed by atoms with Gasteiger partial charge in [-0.3, -0.25) is 0 Å². The fourth-order valence-electron chi connectivity index (χ4n) is 14.5. The molecule has 0 amide bonds. The number of nitrogens with zero attached hydrogens (tertiary/aromatic N) is 3. The number of para-hydroxylation sites is 1. The fourth-order valence-corrected chi connectivity index (χ4v) is 14.5. The van der Waals surface area contributed by atoms with Crippen LogP contribution in [0.25, 0.3) is 56.1 Å². The van der Waals surface area contributed by atoms with Gasteiger partial charge in [0.2, 0.25) is 0 Å². The van der Waals surface area contributed by atoms with Crippen LogP contribution < -0.4 is 41.7 Å². The second-order valence-electron chi connectivity index (χ2n) is 26.2. The largest absolute Gasteiger partial charge is 0.455 e. The van der Waals surface area contributed by atoms with Crippen LogP contribution in [0.15, 0.2) is 242 Å². The van der Waals surface area contributed by atoms with E-state index in [1.807, 2.05) is 24.3 Å². The minimum atomic E-state index is -0.175. The summed E-state index contributed by atoms with van der Waals surface area (Å²) in [6.07, 6.45) is 1.90. The van der Waals surface area contributed by atoms with Crippen LogP contribution in [0, 0.1) is 13.8 Å². The molecule has 2 aliphatic heterocycles. The molecule has 15 rings (SSSR count). The van der Waals surface area contributed by atoms with Crippen molar-refractivity contribution in [2.45, 2.75) is 79.1 Å². The van der Waals surface area contributed by atoms with Gasteiger partial charge in [-0.1, -0.05) is 219 Å². The Morgan fingerprint density at radius 2 is 1.26 bits per heavy atom. The van der Waals surface area contributed by atoms with Gasteiger partial charge in [-0.25, -0.2) is 0 Å². The number of aryl methyl sites for hydroxylation is 2. The quantitative estimate of drug-likeness (QED) is 0.134. The highest BCUT2D eigenvalue weighted by Gasteiger charge is 2.45. The molecule has 0 radical (unpaired) electrons. The maximum atomic E-state index is 6.56. The van der Waals surface area contributed by atoms with Crippen molar-refractivity contribution in [1.29, 1.82) is 0 Å². The first-order valence-corrected chi connectivity index (χ1v) is 30.8. The van der Waals surface area contributed by atoms with E-state index in [2.05, 4.69) is 296 Å². The predicted octanol–water partition coefficient (Wildman–Crippen LogP) is 18.9. The first kappa shape index (κ1) is 53.9. The molecule has 0 saturated heterocycles. The smallest absolute Gasteiger partial charge is 0.252 e. The lowest BCUT2D eigenvalue weighted by Gasteiger charge is -2.45. The minimum Gasteiger partial charge on any atom is -0.455 e. The summed E-state index contributed by atoms with van der Waals surface area (Å²) in [6.45, 7) is 29.5. The molecule has 11 aromatic carbocycles. The highest BCUT2D eigenvalue weighted by Crippen LogP contribution is 2.53. The van der Waals surface area contributed by atoms with Gasteiger partial charge in [-0.15, -0.1) is 0 Å². The molecule has 87 heavy (non-hydrogen) atoms. The van der Waals surface area contributed by atoms with E-state index in [0.29, 0.717) is 5.92 Å². The third-order valence-electron chi connectivity index (χ3n) is 19.0. The molecule has 0 bridgehead atoms. The predicted molar refractivity (Wildman–Crippen MR) is 372 cm³/mol. The van der Waals surface area contributed by atoms with Crippen molar-refractivity contribution in [2.24, 2.45) is 0 Å². The van der Waals surface area contributed by atoms with E-state index in [1.165, 1.54) is 94.2 Å². The van der Waals surface area contributed by atoms with Gasteiger partial charge in [0.1, 0.15) is 11.0 Å². The maximum absolute atomic E-state index is 6.56. The third kappa shape index (κ3) is 8.56. The van der Waals surface area contributed by atoms with Gasteiger partial charge in [0, 0.05) is 72.7 Å². The average molecular weight is 1120 g/mol. The van der Waals surface area contributed by atoms with Gasteiger partial charge >= 0.3 is 0 Å². The van der Waals surface area contributed by atoms with Crippen LogP contribution in [0.4, 0.5) is 51.2 Å². The third-order valence-corrected chi connectivity index (χ3v) is 19.0. The van der Waals surface area contributed by atoms with Crippen LogP contribution in [0.1, 0.15) is 93.3 Å². The second kappa shape index (κ2) is 20.1. The Morgan fingerprint density at radius 3 is 2.00 bits per heavy atom. The lowest BCUT2D eigenvalue weighted by molar-refractivity contribution is 0.573. The van der Waals surface area contributed by atoms with Crippen molar-refractivity contribution in [3.63, 3.8) is 0 Å². The van der Waals surface area contributed by atoms with Crippen molar-refractivity contribution < 1.29 is 4.42 Å². The van der Waals surface area contributed by atoms with Gasteiger partial charge < -0.3 is 19.1 Å². The molecule has 5 heteroatoms. The van der Waals surface area contributed by atoms with Crippen LogP contribution >= 0.6 is 0 Å². The van der Waals surface area contributed by atoms with Crippen LogP contribution in [-0.2, 0) is 10.8 Å². The van der Waals surface area contributed by atoms with Gasteiger partial charge in [-0.2, -0.15) is 0 Å². The summed E-state index contributed by atoms with van der Waals surface area (Å²) in [6, 6.07) is 84.5. The van der Waals surface area contributed by atoms with Crippen LogP contribution in [0.5, 0.6) is 0 Å². The number of hydrogen-bond donors (Lipinski definition) is 0. The van der Waals surface area contributed by atoms with Crippen LogP contribution in [-0.4, -0.2) is 6.71 Å². The Kier molecular flexibility index (Phi) is 12.5. The lowest BCUT2D eigenvalue weighted by atomic mass is 9.33. The average Bonchev–Trinajstić information content (AvgIpc) is 1.29. The summed E-state index contributed by atoms with van der Waals surface area (Å²) >= 11 is 0. The fraction of sp³-hybridized carbons (Fsp3) is 0.146. The van der Waals surface area contributed by atoms with E-state index in [1.54, 1.807) is 0 Å². The number of hydrogen-bond acceptors (Lipinski definition) is 4. The first-order valence-electron chi connectivity index (χ1n) is 30.8. The Morgan fingerprint density at radius 1 is 0.575 bits per heavy atom. The topological polar surface area (TPSA) is 22.9 Å². The van der Waals surface area contributed by atoms with E-state index >= 15 is 0 Å². The van der Waals surface area contributed by atoms with Gasteiger partial charge in [0.25, 0.3) is 6.71 Å². The number of fused-ring (bicyclic) bond motifs is 9. The number of furan rings is 1. The zero-order valence-corrected chi connectivity index (χ0v) is 51.3. The van der Waals surface area contributed by atoms with Crippen molar-refractivity contribution in [3.05, 3.63) is 287 Å². The zero-order valence-electron chi connectivity index (χ0n) is 51.3.